The smallest absolute Gasteiger partial charge is 0.354 e. The summed E-state index contributed by atoms with van der Waals surface area (Å²) in [6.07, 6.45) is -3.70. The molecule has 0 saturated carbocycles. The molecule has 128 valence electrons. The van der Waals surface area contributed by atoms with Crippen molar-refractivity contribution in [3.63, 3.8) is 0 Å². The third-order valence-corrected chi connectivity index (χ3v) is 3.50. The lowest BCUT2D eigenvalue weighted by Crippen LogP contribution is -2.38. The van der Waals surface area contributed by atoms with Crippen molar-refractivity contribution in [1.82, 2.24) is 20.6 Å². The number of carbonyl (C=O) groups excluding carboxylic acids is 2. The van der Waals surface area contributed by atoms with Crippen LogP contribution in [0.4, 0.5) is 13.2 Å². The molecule has 0 aliphatic heterocycles. The first-order chi connectivity index (χ1) is 11.3. The molecule has 9 heteroatoms. The van der Waals surface area contributed by atoms with Crippen molar-refractivity contribution >= 4 is 22.7 Å². The number of hydrogen-bond donors (Lipinski definition) is 2. The van der Waals surface area contributed by atoms with Crippen LogP contribution in [0.25, 0.3) is 10.9 Å². The van der Waals surface area contributed by atoms with Gasteiger partial charge in [0.2, 0.25) is 0 Å². The number of hydrogen-bond acceptors (Lipinski definition) is 4. The number of amides is 2. The number of nitrogens with zero attached hydrogens (tertiary/aromatic N) is 2. The Balaban J connectivity index is 2.32. The lowest BCUT2D eigenvalue weighted by Gasteiger charge is -2.16. The van der Waals surface area contributed by atoms with Crippen LogP contribution >= 0.6 is 0 Å². The molecule has 2 amide bonds. The second kappa shape index (κ2) is 6.81. The van der Waals surface area contributed by atoms with E-state index in [2.05, 4.69) is 15.3 Å². The molecule has 0 saturated heterocycles. The van der Waals surface area contributed by atoms with Gasteiger partial charge in [-0.25, -0.2) is 9.97 Å². The highest BCUT2D eigenvalue weighted by Gasteiger charge is 2.38. The number of rotatable bonds is 4. The molecule has 0 aliphatic carbocycles. The Morgan fingerprint density at radius 1 is 1.25 bits per heavy atom. The molecule has 2 N–H and O–H groups in total. The number of carbonyl (C=O) groups is 2. The fourth-order valence-electron chi connectivity index (χ4n) is 2.26. The lowest BCUT2D eigenvalue weighted by molar-refractivity contribution is -0.173. The van der Waals surface area contributed by atoms with Gasteiger partial charge >= 0.3 is 12.1 Å². The SMILES string of the molecule is CNC(=O)c1ncnc2c([C@H](C)CNC(=O)C(F)(F)F)cccc12. The van der Waals surface area contributed by atoms with E-state index in [4.69, 9.17) is 0 Å². The minimum absolute atomic E-state index is 0.177. The average Bonchev–Trinajstić information content (AvgIpc) is 2.56. The van der Waals surface area contributed by atoms with E-state index in [0.717, 1.165) is 0 Å². The summed E-state index contributed by atoms with van der Waals surface area (Å²) in [4.78, 5) is 30.9. The Hall–Kier alpha value is -2.71. The van der Waals surface area contributed by atoms with E-state index in [1.165, 1.54) is 13.4 Å². The monoisotopic (exact) mass is 340 g/mol. The summed E-state index contributed by atoms with van der Waals surface area (Å²) in [6.45, 7) is 1.45. The van der Waals surface area contributed by atoms with E-state index < -0.39 is 23.9 Å². The van der Waals surface area contributed by atoms with Gasteiger partial charge in [-0.15, -0.1) is 0 Å². The molecular weight excluding hydrogens is 325 g/mol. The molecule has 0 bridgehead atoms. The molecule has 2 aromatic rings. The van der Waals surface area contributed by atoms with Crippen LogP contribution in [0, 0.1) is 0 Å². The lowest BCUT2D eigenvalue weighted by atomic mass is 9.97. The van der Waals surface area contributed by atoms with Crippen molar-refractivity contribution in [2.75, 3.05) is 13.6 Å². The third kappa shape index (κ3) is 3.61. The fraction of sp³-hybridized carbons (Fsp3) is 0.333. The van der Waals surface area contributed by atoms with Crippen molar-refractivity contribution in [1.29, 1.82) is 0 Å². The third-order valence-electron chi connectivity index (χ3n) is 3.50. The summed E-state index contributed by atoms with van der Waals surface area (Å²) in [5.41, 5.74) is 1.25. The minimum atomic E-state index is -4.92. The molecule has 1 aromatic heterocycles. The number of para-hydroxylation sites is 1. The van der Waals surface area contributed by atoms with Crippen molar-refractivity contribution in [3.8, 4) is 0 Å². The van der Waals surface area contributed by atoms with E-state index in [9.17, 15) is 22.8 Å². The van der Waals surface area contributed by atoms with E-state index in [-0.39, 0.29) is 12.2 Å². The Morgan fingerprint density at radius 3 is 2.58 bits per heavy atom. The summed E-state index contributed by atoms with van der Waals surface area (Å²) >= 11 is 0. The van der Waals surface area contributed by atoms with Gasteiger partial charge in [0.1, 0.15) is 12.0 Å². The topological polar surface area (TPSA) is 84.0 Å². The number of fused-ring (bicyclic) bond motifs is 1. The Kier molecular flexibility index (Phi) is 5.01. The van der Waals surface area contributed by atoms with Crippen molar-refractivity contribution in [2.24, 2.45) is 0 Å². The molecule has 0 radical (unpaired) electrons. The first-order valence-corrected chi connectivity index (χ1v) is 7.06. The predicted molar refractivity (Wildman–Crippen MR) is 80.4 cm³/mol. The first-order valence-electron chi connectivity index (χ1n) is 7.06. The molecule has 1 atom stereocenters. The summed E-state index contributed by atoms with van der Waals surface area (Å²) in [5, 5.41) is 4.80. The number of benzene rings is 1. The Labute approximate surface area is 135 Å². The van der Waals surface area contributed by atoms with Crippen molar-refractivity contribution < 1.29 is 22.8 Å². The number of nitrogens with one attached hydrogen (secondary N) is 2. The van der Waals surface area contributed by atoms with Crippen LogP contribution < -0.4 is 10.6 Å². The van der Waals surface area contributed by atoms with Gasteiger partial charge in [-0.3, -0.25) is 9.59 Å². The van der Waals surface area contributed by atoms with Crippen LogP contribution in [0.15, 0.2) is 24.5 Å². The van der Waals surface area contributed by atoms with Gasteiger partial charge in [-0.2, -0.15) is 13.2 Å². The number of halogens is 3. The maximum Gasteiger partial charge on any atom is 0.471 e. The number of aromatic nitrogens is 2. The molecule has 24 heavy (non-hydrogen) atoms. The predicted octanol–water partition coefficient (Wildman–Crippen LogP) is 1.77. The van der Waals surface area contributed by atoms with Crippen LogP contribution in [-0.4, -0.2) is 41.6 Å². The van der Waals surface area contributed by atoms with Crippen LogP contribution in [0.1, 0.15) is 28.9 Å². The summed E-state index contributed by atoms with van der Waals surface area (Å²) in [6, 6.07) is 5.01. The molecule has 0 fully saturated rings. The van der Waals surface area contributed by atoms with Crippen LogP contribution in [-0.2, 0) is 4.79 Å². The molecule has 1 aromatic carbocycles. The van der Waals surface area contributed by atoms with Crippen molar-refractivity contribution in [3.05, 3.63) is 35.8 Å². The van der Waals surface area contributed by atoms with Crippen LogP contribution in [0.3, 0.4) is 0 Å². The highest BCUT2D eigenvalue weighted by Crippen LogP contribution is 2.25. The van der Waals surface area contributed by atoms with Crippen LogP contribution in [0.2, 0.25) is 0 Å². The fourth-order valence-corrected chi connectivity index (χ4v) is 2.26. The zero-order valence-corrected chi connectivity index (χ0v) is 12.9. The quantitative estimate of drug-likeness (QED) is 0.888. The van der Waals surface area contributed by atoms with Gasteiger partial charge in [-0.05, 0) is 5.56 Å². The summed E-state index contributed by atoms with van der Waals surface area (Å²) in [7, 11) is 1.47. The van der Waals surface area contributed by atoms with Gasteiger partial charge in [-0.1, -0.05) is 25.1 Å². The second-order valence-corrected chi connectivity index (χ2v) is 5.15. The highest BCUT2D eigenvalue weighted by atomic mass is 19.4. The van der Waals surface area contributed by atoms with Crippen LogP contribution in [0.5, 0.6) is 0 Å². The molecule has 0 spiro atoms. The minimum Gasteiger partial charge on any atom is -0.354 e. The first kappa shape index (κ1) is 17.6. The average molecular weight is 340 g/mol. The molecule has 1 heterocycles. The molecular formula is C15H15F3N4O2. The zero-order chi connectivity index (χ0) is 17.9. The van der Waals surface area contributed by atoms with Gasteiger partial charge in [0, 0.05) is 24.9 Å². The molecule has 2 rings (SSSR count). The van der Waals surface area contributed by atoms with Gasteiger partial charge in [0.05, 0.1) is 5.52 Å². The second-order valence-electron chi connectivity index (χ2n) is 5.15. The normalized spacial score (nSPS) is 12.7. The summed E-state index contributed by atoms with van der Waals surface area (Å²) < 4.78 is 36.8. The van der Waals surface area contributed by atoms with Crippen molar-refractivity contribution in [2.45, 2.75) is 19.0 Å². The molecule has 6 nitrogen and oxygen atoms in total. The van der Waals surface area contributed by atoms with E-state index >= 15 is 0 Å². The maximum atomic E-state index is 12.3. The van der Waals surface area contributed by atoms with Gasteiger partial charge < -0.3 is 10.6 Å². The van der Waals surface area contributed by atoms with E-state index in [0.29, 0.717) is 16.5 Å². The zero-order valence-electron chi connectivity index (χ0n) is 12.9. The van der Waals surface area contributed by atoms with Gasteiger partial charge in [0.25, 0.3) is 5.91 Å². The molecule has 0 aliphatic rings. The van der Waals surface area contributed by atoms with E-state index in [1.54, 1.807) is 25.1 Å². The maximum absolute atomic E-state index is 12.3. The van der Waals surface area contributed by atoms with E-state index in [1.807, 2.05) is 5.32 Å². The summed E-state index contributed by atoms with van der Waals surface area (Å²) in [5.74, 6) is -2.82. The Bertz CT molecular complexity index is 777. The van der Waals surface area contributed by atoms with Gasteiger partial charge in [0.15, 0.2) is 0 Å². The number of alkyl halides is 3. The highest BCUT2D eigenvalue weighted by molar-refractivity contribution is 6.04. The Morgan fingerprint density at radius 2 is 1.96 bits per heavy atom. The molecule has 0 unspecified atom stereocenters. The largest absolute Gasteiger partial charge is 0.471 e. The standard InChI is InChI=1S/C15H15F3N4O2/c1-8(6-20-14(24)15(16,17)18)9-4-3-5-10-11(9)21-7-22-12(10)13(23)19-2/h3-5,7-8H,6H2,1-2H3,(H,19,23)(H,20,24)/t8-/m1/s1.